The molecule has 0 spiro atoms. The van der Waals surface area contributed by atoms with Crippen molar-refractivity contribution in [1.29, 1.82) is 0 Å². The third-order valence-electron chi connectivity index (χ3n) is 4.10. The molecule has 0 bridgehead atoms. The Kier molecular flexibility index (Phi) is 5.11. The van der Waals surface area contributed by atoms with E-state index in [1.54, 1.807) is 22.0 Å². The Morgan fingerprint density at radius 1 is 1.35 bits per heavy atom. The van der Waals surface area contributed by atoms with Crippen LogP contribution in [-0.2, 0) is 6.54 Å². The molecule has 0 atom stereocenters. The first kappa shape index (κ1) is 17.8. The molecule has 0 saturated heterocycles. The molecule has 3 heterocycles. The lowest BCUT2D eigenvalue weighted by Gasteiger charge is -2.18. The van der Waals surface area contributed by atoms with Crippen LogP contribution in [0.5, 0.6) is 0 Å². The second-order valence-corrected chi connectivity index (χ2v) is 6.26. The Bertz CT molecular complexity index is 884. The van der Waals surface area contributed by atoms with Gasteiger partial charge in [-0.05, 0) is 26.0 Å². The molecule has 0 fully saturated rings. The molecule has 8 heteroatoms. The molecule has 3 aromatic heterocycles. The van der Waals surface area contributed by atoms with Crippen molar-refractivity contribution in [2.75, 3.05) is 6.54 Å². The molecule has 3 aromatic rings. The quantitative estimate of drug-likeness (QED) is 0.676. The van der Waals surface area contributed by atoms with Gasteiger partial charge < -0.3 is 9.42 Å². The highest BCUT2D eigenvalue weighted by Crippen LogP contribution is 2.16. The summed E-state index contributed by atoms with van der Waals surface area (Å²) < 4.78 is 6.92. The van der Waals surface area contributed by atoms with Gasteiger partial charge >= 0.3 is 0 Å². The van der Waals surface area contributed by atoms with Crippen molar-refractivity contribution in [1.82, 2.24) is 29.8 Å². The van der Waals surface area contributed by atoms with Crippen LogP contribution in [0.2, 0.25) is 0 Å². The molecule has 0 unspecified atom stereocenters. The molecule has 136 valence electrons. The van der Waals surface area contributed by atoms with Gasteiger partial charge in [0, 0.05) is 18.7 Å². The second kappa shape index (κ2) is 7.47. The smallest absolute Gasteiger partial charge is 0.257 e. The Balaban J connectivity index is 1.81. The molecule has 8 nitrogen and oxygen atoms in total. The average Bonchev–Trinajstić information content (AvgIpc) is 3.26. The summed E-state index contributed by atoms with van der Waals surface area (Å²) in [6.07, 6.45) is 3.26. The first-order valence-corrected chi connectivity index (χ1v) is 8.59. The molecular weight excluding hydrogens is 332 g/mol. The van der Waals surface area contributed by atoms with Crippen molar-refractivity contribution in [3.05, 3.63) is 53.6 Å². The fraction of sp³-hybridized carbons (Fsp3) is 0.389. The summed E-state index contributed by atoms with van der Waals surface area (Å²) in [5.74, 6) is 1.79. The van der Waals surface area contributed by atoms with E-state index in [1.807, 2.05) is 45.9 Å². The maximum absolute atomic E-state index is 12.9. The van der Waals surface area contributed by atoms with Crippen molar-refractivity contribution in [3.8, 4) is 5.82 Å². The number of amides is 1. The van der Waals surface area contributed by atoms with Gasteiger partial charge in [-0.25, -0.2) is 9.67 Å². The van der Waals surface area contributed by atoms with Crippen LogP contribution in [0.15, 0.2) is 35.1 Å². The molecule has 0 N–H and O–H groups in total. The van der Waals surface area contributed by atoms with Gasteiger partial charge in [0.2, 0.25) is 5.89 Å². The van der Waals surface area contributed by atoms with E-state index in [0.29, 0.717) is 29.6 Å². The van der Waals surface area contributed by atoms with Crippen LogP contribution in [0.3, 0.4) is 0 Å². The van der Waals surface area contributed by atoms with Gasteiger partial charge in [0.15, 0.2) is 11.6 Å². The third kappa shape index (κ3) is 3.49. The molecule has 0 radical (unpaired) electrons. The Labute approximate surface area is 151 Å². The van der Waals surface area contributed by atoms with E-state index in [1.165, 1.54) is 0 Å². The lowest BCUT2D eigenvalue weighted by molar-refractivity contribution is 0.0733. The molecule has 0 saturated carbocycles. The molecule has 1 amide bonds. The summed E-state index contributed by atoms with van der Waals surface area (Å²) in [6.45, 7) is 8.54. The first-order valence-electron chi connectivity index (χ1n) is 8.59. The summed E-state index contributed by atoms with van der Waals surface area (Å²) in [5.41, 5.74) is 1.27. The lowest BCUT2D eigenvalue weighted by Crippen LogP contribution is -2.30. The minimum atomic E-state index is -0.128. The normalized spacial score (nSPS) is 11.1. The van der Waals surface area contributed by atoms with E-state index in [2.05, 4.69) is 20.2 Å². The third-order valence-corrected chi connectivity index (χ3v) is 4.10. The van der Waals surface area contributed by atoms with E-state index in [-0.39, 0.29) is 18.4 Å². The van der Waals surface area contributed by atoms with Gasteiger partial charge in [0.05, 0.1) is 17.5 Å². The summed E-state index contributed by atoms with van der Waals surface area (Å²) in [4.78, 5) is 23.2. The van der Waals surface area contributed by atoms with Gasteiger partial charge in [-0.3, -0.25) is 4.79 Å². The van der Waals surface area contributed by atoms with Gasteiger partial charge in [0.1, 0.15) is 6.54 Å². The monoisotopic (exact) mass is 354 g/mol. The Hall–Kier alpha value is -3.03. The highest BCUT2D eigenvalue weighted by molar-refractivity contribution is 5.95. The molecule has 0 aliphatic rings. The van der Waals surface area contributed by atoms with Gasteiger partial charge in [-0.2, -0.15) is 10.1 Å². The number of carbonyl (C=O) groups excluding carboxylic acids is 1. The van der Waals surface area contributed by atoms with E-state index in [4.69, 9.17) is 4.52 Å². The van der Waals surface area contributed by atoms with E-state index in [0.717, 1.165) is 5.69 Å². The number of hydrogen-bond acceptors (Lipinski definition) is 6. The SMILES string of the molecule is CCN(Cc1nc(C(C)C)no1)C(=O)c1cnn(-c2ccccn2)c1C. The maximum atomic E-state index is 12.9. The van der Waals surface area contributed by atoms with Crippen molar-refractivity contribution < 1.29 is 9.32 Å². The fourth-order valence-corrected chi connectivity index (χ4v) is 2.56. The summed E-state index contributed by atoms with van der Waals surface area (Å²) in [6, 6.07) is 5.56. The van der Waals surface area contributed by atoms with Crippen LogP contribution in [0.25, 0.3) is 5.82 Å². The van der Waals surface area contributed by atoms with Crippen LogP contribution >= 0.6 is 0 Å². The minimum absolute atomic E-state index is 0.128. The number of hydrogen-bond donors (Lipinski definition) is 0. The topological polar surface area (TPSA) is 89.9 Å². The summed E-state index contributed by atoms with van der Waals surface area (Å²) in [7, 11) is 0. The lowest BCUT2D eigenvalue weighted by atomic mass is 10.2. The molecule has 0 aliphatic heterocycles. The van der Waals surface area contributed by atoms with Crippen molar-refractivity contribution in [3.63, 3.8) is 0 Å². The molecule has 0 aromatic carbocycles. The predicted octanol–water partition coefficient (Wildman–Crippen LogP) is 2.74. The van der Waals surface area contributed by atoms with Crippen LogP contribution in [0.1, 0.15) is 54.5 Å². The van der Waals surface area contributed by atoms with Gasteiger partial charge in [-0.1, -0.05) is 25.1 Å². The largest absolute Gasteiger partial charge is 0.337 e. The standard InChI is InChI=1S/C18H22N6O2/c1-5-23(11-16-21-17(12(2)3)22-26-16)18(25)14-10-20-24(13(14)4)15-8-6-7-9-19-15/h6-10,12H,5,11H2,1-4H3. The number of aromatic nitrogens is 5. The van der Waals surface area contributed by atoms with Crippen molar-refractivity contribution in [2.45, 2.75) is 40.2 Å². The van der Waals surface area contributed by atoms with Crippen molar-refractivity contribution >= 4 is 5.91 Å². The van der Waals surface area contributed by atoms with E-state index >= 15 is 0 Å². The van der Waals surface area contributed by atoms with E-state index < -0.39 is 0 Å². The van der Waals surface area contributed by atoms with Crippen LogP contribution in [0.4, 0.5) is 0 Å². The maximum Gasteiger partial charge on any atom is 0.257 e. The minimum Gasteiger partial charge on any atom is -0.337 e. The fourth-order valence-electron chi connectivity index (χ4n) is 2.56. The van der Waals surface area contributed by atoms with Crippen LogP contribution in [-0.4, -0.2) is 42.3 Å². The first-order chi connectivity index (χ1) is 12.5. The van der Waals surface area contributed by atoms with Gasteiger partial charge in [-0.15, -0.1) is 0 Å². The van der Waals surface area contributed by atoms with Crippen molar-refractivity contribution in [2.24, 2.45) is 0 Å². The molecule has 26 heavy (non-hydrogen) atoms. The second-order valence-electron chi connectivity index (χ2n) is 6.26. The van der Waals surface area contributed by atoms with E-state index in [9.17, 15) is 4.79 Å². The highest BCUT2D eigenvalue weighted by atomic mass is 16.5. The number of carbonyl (C=O) groups is 1. The average molecular weight is 354 g/mol. The number of nitrogens with zero attached hydrogens (tertiary/aromatic N) is 6. The number of pyridine rings is 1. The van der Waals surface area contributed by atoms with Gasteiger partial charge in [0.25, 0.3) is 5.91 Å². The summed E-state index contributed by atoms with van der Waals surface area (Å²) in [5, 5.41) is 8.26. The summed E-state index contributed by atoms with van der Waals surface area (Å²) >= 11 is 0. The van der Waals surface area contributed by atoms with Crippen LogP contribution < -0.4 is 0 Å². The number of rotatable bonds is 6. The zero-order valence-corrected chi connectivity index (χ0v) is 15.4. The molecule has 3 rings (SSSR count). The molecule has 0 aliphatic carbocycles. The predicted molar refractivity (Wildman–Crippen MR) is 94.9 cm³/mol. The Morgan fingerprint density at radius 3 is 2.77 bits per heavy atom. The van der Waals surface area contributed by atoms with Crippen LogP contribution in [0, 0.1) is 6.92 Å². The Morgan fingerprint density at radius 2 is 2.15 bits per heavy atom. The highest BCUT2D eigenvalue weighted by Gasteiger charge is 2.22. The zero-order chi connectivity index (χ0) is 18.7. The zero-order valence-electron chi connectivity index (χ0n) is 15.4. The molecular formula is C18H22N6O2.